The third-order valence-corrected chi connectivity index (χ3v) is 5.48. The molecule has 170 valence electrons. The Bertz CT molecular complexity index is 1110. The van der Waals surface area contributed by atoms with Gasteiger partial charge < -0.3 is 10.1 Å². The Labute approximate surface area is 182 Å². The zero-order valence-corrected chi connectivity index (χ0v) is 17.3. The predicted octanol–water partition coefficient (Wildman–Crippen LogP) is 5.83. The van der Waals surface area contributed by atoms with Gasteiger partial charge in [0.2, 0.25) is 0 Å². The number of aromatic nitrogens is 1. The van der Waals surface area contributed by atoms with E-state index < -0.39 is 34.4 Å². The number of carbonyl (C=O) groups is 1. The molecular formula is C21H16F6N2O2S. The molecule has 0 bridgehead atoms. The summed E-state index contributed by atoms with van der Waals surface area (Å²) in [7, 11) is 1.36. The van der Waals surface area contributed by atoms with Crippen LogP contribution in [0.3, 0.4) is 0 Å². The molecule has 0 aliphatic carbocycles. The molecule has 0 aliphatic heterocycles. The van der Waals surface area contributed by atoms with Crippen molar-refractivity contribution < 1.29 is 35.9 Å². The first-order chi connectivity index (χ1) is 15.0. The summed E-state index contributed by atoms with van der Waals surface area (Å²) in [6, 6.07) is 10.8. The monoisotopic (exact) mass is 474 g/mol. The molecule has 0 aliphatic rings. The van der Waals surface area contributed by atoms with E-state index in [1.54, 1.807) is 18.2 Å². The van der Waals surface area contributed by atoms with Crippen molar-refractivity contribution in [3.63, 3.8) is 0 Å². The maximum absolute atomic E-state index is 13.5. The van der Waals surface area contributed by atoms with E-state index in [9.17, 15) is 31.1 Å². The van der Waals surface area contributed by atoms with Gasteiger partial charge in [-0.25, -0.2) is 4.98 Å². The van der Waals surface area contributed by atoms with Gasteiger partial charge in [0, 0.05) is 6.54 Å². The van der Waals surface area contributed by atoms with Crippen molar-refractivity contribution in [1.82, 2.24) is 10.3 Å². The lowest BCUT2D eigenvalue weighted by atomic mass is 10.1. The van der Waals surface area contributed by atoms with Gasteiger partial charge in [-0.05, 0) is 30.2 Å². The van der Waals surface area contributed by atoms with E-state index in [4.69, 9.17) is 4.74 Å². The summed E-state index contributed by atoms with van der Waals surface area (Å²) in [6.45, 7) is -0.153. The highest BCUT2D eigenvalue weighted by Crippen LogP contribution is 2.40. The molecule has 2 aromatic carbocycles. The summed E-state index contributed by atoms with van der Waals surface area (Å²) in [5.74, 6) is -0.713. The van der Waals surface area contributed by atoms with E-state index >= 15 is 0 Å². The number of benzene rings is 2. The predicted molar refractivity (Wildman–Crippen MR) is 107 cm³/mol. The molecular weight excluding hydrogens is 458 g/mol. The van der Waals surface area contributed by atoms with Crippen molar-refractivity contribution in [2.24, 2.45) is 0 Å². The van der Waals surface area contributed by atoms with E-state index in [1.165, 1.54) is 25.3 Å². The molecule has 4 nitrogen and oxygen atoms in total. The summed E-state index contributed by atoms with van der Waals surface area (Å²) in [6.07, 6.45) is -9.38. The number of alkyl halides is 6. The third-order valence-electron chi connectivity index (χ3n) is 4.39. The number of methoxy groups -OCH3 is 1. The minimum atomic E-state index is -4.87. The molecule has 0 radical (unpaired) electrons. The Hall–Kier alpha value is -3.08. The largest absolute Gasteiger partial charge is 0.496 e. The fourth-order valence-corrected chi connectivity index (χ4v) is 3.94. The first-order valence-electron chi connectivity index (χ1n) is 9.16. The van der Waals surface area contributed by atoms with Crippen molar-refractivity contribution in [2.45, 2.75) is 18.8 Å². The van der Waals surface area contributed by atoms with Crippen LogP contribution in [0.5, 0.6) is 5.75 Å². The smallest absolute Gasteiger partial charge is 0.435 e. The topological polar surface area (TPSA) is 51.2 Å². The van der Waals surface area contributed by atoms with Gasteiger partial charge in [-0.3, -0.25) is 4.79 Å². The van der Waals surface area contributed by atoms with Gasteiger partial charge in [0.1, 0.15) is 15.6 Å². The molecule has 1 amide bonds. The first kappa shape index (κ1) is 23.6. The summed E-state index contributed by atoms with van der Waals surface area (Å²) in [5.41, 5.74) is -1.59. The second-order valence-electron chi connectivity index (χ2n) is 6.60. The number of halogens is 6. The normalized spacial score (nSPS) is 12.0. The standard InChI is InChI=1S/C21H16F6N2O2S/c1-31-15-8-3-2-7-14(15)19-29-17(21(25,26)27)16(32-19)18(30)28-10-9-12-5-4-6-13(11-12)20(22,23)24/h2-8,11H,9-10H2,1H3,(H,28,30). The zero-order valence-electron chi connectivity index (χ0n) is 16.5. The van der Waals surface area contributed by atoms with Crippen molar-refractivity contribution in [1.29, 1.82) is 0 Å². The van der Waals surface area contributed by atoms with Gasteiger partial charge in [-0.15, -0.1) is 11.3 Å². The van der Waals surface area contributed by atoms with Crippen LogP contribution in [0.1, 0.15) is 26.5 Å². The van der Waals surface area contributed by atoms with Crippen LogP contribution in [0.2, 0.25) is 0 Å². The fraction of sp³-hybridized carbons (Fsp3) is 0.238. The highest BCUT2D eigenvalue weighted by molar-refractivity contribution is 7.17. The number of ether oxygens (including phenoxy) is 1. The average molecular weight is 474 g/mol. The summed E-state index contributed by atoms with van der Waals surface area (Å²) >= 11 is 0.557. The Morgan fingerprint density at radius 3 is 2.41 bits per heavy atom. The number of amides is 1. The highest BCUT2D eigenvalue weighted by Gasteiger charge is 2.40. The number of nitrogens with one attached hydrogen (secondary N) is 1. The molecule has 0 fully saturated rings. The Kier molecular flexibility index (Phi) is 6.77. The molecule has 0 unspecified atom stereocenters. The minimum absolute atomic E-state index is 0.00911. The number of hydrogen-bond donors (Lipinski definition) is 1. The average Bonchev–Trinajstić information content (AvgIpc) is 3.19. The van der Waals surface area contributed by atoms with Crippen molar-refractivity contribution in [3.05, 3.63) is 70.2 Å². The Morgan fingerprint density at radius 1 is 1.03 bits per heavy atom. The van der Waals surface area contributed by atoms with Gasteiger partial charge >= 0.3 is 12.4 Å². The van der Waals surface area contributed by atoms with Gasteiger partial charge in [0.25, 0.3) is 5.91 Å². The van der Waals surface area contributed by atoms with E-state index in [0.29, 0.717) is 22.6 Å². The summed E-state index contributed by atoms with van der Waals surface area (Å²) in [5, 5.41) is 2.29. The number of rotatable bonds is 6. The lowest BCUT2D eigenvalue weighted by Gasteiger charge is -2.10. The van der Waals surface area contributed by atoms with Gasteiger partial charge in [-0.1, -0.05) is 30.3 Å². The number of nitrogens with zero attached hydrogens (tertiary/aromatic N) is 1. The van der Waals surface area contributed by atoms with Gasteiger partial charge in [0.15, 0.2) is 5.69 Å². The van der Waals surface area contributed by atoms with E-state index in [0.717, 1.165) is 12.1 Å². The molecule has 0 saturated heterocycles. The molecule has 3 aromatic rings. The SMILES string of the molecule is COc1ccccc1-c1nc(C(F)(F)F)c(C(=O)NCCc2cccc(C(F)(F)F)c2)s1. The molecule has 1 aromatic heterocycles. The van der Waals surface area contributed by atoms with E-state index in [2.05, 4.69) is 10.3 Å². The molecule has 0 atom stereocenters. The van der Waals surface area contributed by atoms with Crippen molar-refractivity contribution >= 4 is 17.2 Å². The molecule has 0 saturated carbocycles. The maximum Gasteiger partial charge on any atom is 0.435 e. The van der Waals surface area contributed by atoms with E-state index in [1.807, 2.05) is 0 Å². The van der Waals surface area contributed by atoms with Crippen LogP contribution >= 0.6 is 11.3 Å². The lowest BCUT2D eigenvalue weighted by Crippen LogP contribution is -2.27. The van der Waals surface area contributed by atoms with E-state index in [-0.39, 0.29) is 23.5 Å². The zero-order chi connectivity index (χ0) is 23.5. The van der Waals surface area contributed by atoms with Crippen molar-refractivity contribution in [3.8, 4) is 16.3 Å². The summed E-state index contributed by atoms with van der Waals surface area (Å²) in [4.78, 5) is 15.5. The molecule has 1 N–H and O–H groups in total. The third kappa shape index (κ3) is 5.39. The molecule has 0 spiro atoms. The van der Waals surface area contributed by atoms with Crippen LogP contribution in [0, 0.1) is 0 Å². The Morgan fingerprint density at radius 2 is 1.75 bits per heavy atom. The van der Waals surface area contributed by atoms with Crippen LogP contribution in [0.25, 0.3) is 10.6 Å². The molecule has 32 heavy (non-hydrogen) atoms. The van der Waals surface area contributed by atoms with Crippen LogP contribution in [-0.2, 0) is 18.8 Å². The number of para-hydroxylation sites is 1. The highest BCUT2D eigenvalue weighted by atomic mass is 32.1. The fourth-order valence-electron chi connectivity index (χ4n) is 2.91. The molecule has 11 heteroatoms. The van der Waals surface area contributed by atoms with Gasteiger partial charge in [-0.2, -0.15) is 26.3 Å². The second kappa shape index (κ2) is 9.19. The molecule has 1 heterocycles. The van der Waals surface area contributed by atoms with Crippen LogP contribution < -0.4 is 10.1 Å². The van der Waals surface area contributed by atoms with Crippen LogP contribution in [-0.4, -0.2) is 24.5 Å². The quantitative estimate of drug-likeness (QED) is 0.458. The minimum Gasteiger partial charge on any atom is -0.496 e. The number of carbonyl (C=O) groups excluding carboxylic acids is 1. The molecule has 3 rings (SSSR count). The van der Waals surface area contributed by atoms with Crippen LogP contribution in [0.4, 0.5) is 26.3 Å². The van der Waals surface area contributed by atoms with Gasteiger partial charge in [0.05, 0.1) is 18.2 Å². The Balaban J connectivity index is 1.80. The number of thiazole rings is 1. The van der Waals surface area contributed by atoms with Crippen LogP contribution in [0.15, 0.2) is 48.5 Å². The lowest BCUT2D eigenvalue weighted by molar-refractivity contribution is -0.141. The summed E-state index contributed by atoms with van der Waals surface area (Å²) < 4.78 is 84.0. The van der Waals surface area contributed by atoms with Crippen molar-refractivity contribution in [2.75, 3.05) is 13.7 Å². The second-order valence-corrected chi connectivity index (χ2v) is 7.60. The maximum atomic E-state index is 13.5. The first-order valence-corrected chi connectivity index (χ1v) is 9.98. The number of hydrogen-bond acceptors (Lipinski definition) is 4.